The molecular weight excluding hydrogens is 502 g/mol. The van der Waals surface area contributed by atoms with E-state index in [2.05, 4.69) is 0 Å². The van der Waals surface area contributed by atoms with E-state index in [0.29, 0.717) is 17.9 Å². The number of carbonyl (C=O) groups is 4. The second-order valence-electron chi connectivity index (χ2n) is 9.47. The predicted molar refractivity (Wildman–Crippen MR) is 135 cm³/mol. The van der Waals surface area contributed by atoms with Gasteiger partial charge in [-0.25, -0.2) is 14.4 Å². The molecule has 1 aromatic rings. The summed E-state index contributed by atoms with van der Waals surface area (Å²) < 4.78 is 35.4. The molecular formula is C26H39NO11. The third-order valence-corrected chi connectivity index (χ3v) is 4.49. The molecule has 38 heavy (non-hydrogen) atoms. The van der Waals surface area contributed by atoms with Crippen molar-refractivity contribution in [3.05, 3.63) is 23.8 Å². The van der Waals surface area contributed by atoms with Crippen LogP contribution in [0, 0.1) is 5.92 Å². The first-order chi connectivity index (χ1) is 17.8. The molecule has 0 aliphatic carbocycles. The highest BCUT2D eigenvalue weighted by Crippen LogP contribution is 2.30. The van der Waals surface area contributed by atoms with Crippen LogP contribution in [0.25, 0.3) is 0 Å². The fourth-order valence-corrected chi connectivity index (χ4v) is 2.72. The van der Waals surface area contributed by atoms with Gasteiger partial charge in [-0.3, -0.25) is 4.79 Å². The van der Waals surface area contributed by atoms with E-state index < -0.39 is 48.8 Å². The lowest BCUT2D eigenvalue weighted by Gasteiger charge is -2.18. The molecule has 0 amide bonds. The maximum absolute atomic E-state index is 12.4. The SMILES string of the molecule is CC(C)CCOC(=O)OC[C@H](C)OC(=O)[C@@H](N)Cc1ccc(OC(=O)OC(C)C)c(OC(=O)OC(C)C)c1. The van der Waals surface area contributed by atoms with E-state index in [9.17, 15) is 19.2 Å². The number of carbonyl (C=O) groups excluding carboxylic acids is 4. The van der Waals surface area contributed by atoms with Crippen LogP contribution < -0.4 is 15.2 Å². The zero-order valence-corrected chi connectivity index (χ0v) is 23.0. The van der Waals surface area contributed by atoms with Crippen LogP contribution in [-0.2, 0) is 34.9 Å². The summed E-state index contributed by atoms with van der Waals surface area (Å²) in [4.78, 5) is 48.0. The maximum Gasteiger partial charge on any atom is 0.514 e. The van der Waals surface area contributed by atoms with E-state index in [0.717, 1.165) is 0 Å². The largest absolute Gasteiger partial charge is 0.514 e. The highest BCUT2D eigenvalue weighted by molar-refractivity contribution is 5.76. The fraction of sp³-hybridized carbons (Fsp3) is 0.615. The topological polar surface area (TPSA) is 159 Å². The van der Waals surface area contributed by atoms with Gasteiger partial charge in [0.05, 0.1) is 18.8 Å². The van der Waals surface area contributed by atoms with E-state index in [1.807, 2.05) is 13.8 Å². The summed E-state index contributed by atoms with van der Waals surface area (Å²) in [6.45, 7) is 12.2. The Labute approximate surface area is 223 Å². The van der Waals surface area contributed by atoms with Gasteiger partial charge in [-0.1, -0.05) is 19.9 Å². The molecule has 0 aromatic heterocycles. The van der Waals surface area contributed by atoms with Crippen molar-refractivity contribution in [1.29, 1.82) is 0 Å². The summed E-state index contributed by atoms with van der Waals surface area (Å²) in [5.41, 5.74) is 6.47. The summed E-state index contributed by atoms with van der Waals surface area (Å²) in [7, 11) is 0. The van der Waals surface area contributed by atoms with Crippen LogP contribution >= 0.6 is 0 Å². The molecule has 0 radical (unpaired) electrons. The van der Waals surface area contributed by atoms with Crippen LogP contribution in [0.15, 0.2) is 18.2 Å². The lowest BCUT2D eigenvalue weighted by molar-refractivity contribution is -0.152. The van der Waals surface area contributed by atoms with Gasteiger partial charge in [0.2, 0.25) is 0 Å². The van der Waals surface area contributed by atoms with Gasteiger partial charge in [0.15, 0.2) is 11.5 Å². The highest BCUT2D eigenvalue weighted by atomic mass is 16.8. The van der Waals surface area contributed by atoms with E-state index in [4.69, 9.17) is 38.9 Å². The van der Waals surface area contributed by atoms with Crippen molar-refractivity contribution in [2.75, 3.05) is 13.2 Å². The monoisotopic (exact) mass is 541 g/mol. The molecule has 0 aliphatic heterocycles. The predicted octanol–water partition coefficient (Wildman–Crippen LogP) is 4.54. The minimum Gasteiger partial charge on any atom is -0.458 e. The number of hydrogen-bond acceptors (Lipinski definition) is 12. The normalized spacial score (nSPS) is 12.5. The van der Waals surface area contributed by atoms with Crippen molar-refractivity contribution in [2.45, 2.75) is 85.7 Å². The number of esters is 1. The van der Waals surface area contributed by atoms with E-state index in [-0.39, 0.29) is 31.1 Å². The molecule has 12 nitrogen and oxygen atoms in total. The molecule has 0 spiro atoms. The van der Waals surface area contributed by atoms with Crippen molar-refractivity contribution in [2.24, 2.45) is 11.7 Å². The lowest BCUT2D eigenvalue weighted by atomic mass is 10.1. The molecule has 0 bridgehead atoms. The summed E-state index contributed by atoms with van der Waals surface area (Å²) in [6.07, 6.45) is -3.79. The van der Waals surface area contributed by atoms with Crippen LogP contribution in [-0.4, -0.2) is 62.0 Å². The van der Waals surface area contributed by atoms with Gasteiger partial charge >= 0.3 is 24.4 Å². The molecule has 214 valence electrons. The third kappa shape index (κ3) is 13.7. The Morgan fingerprint density at radius 2 is 1.34 bits per heavy atom. The molecule has 0 heterocycles. The zero-order chi connectivity index (χ0) is 28.8. The Morgan fingerprint density at radius 3 is 1.89 bits per heavy atom. The molecule has 0 fully saturated rings. The fourth-order valence-electron chi connectivity index (χ4n) is 2.72. The smallest absolute Gasteiger partial charge is 0.458 e. The zero-order valence-electron chi connectivity index (χ0n) is 23.0. The summed E-state index contributed by atoms with van der Waals surface area (Å²) in [5, 5.41) is 0. The second kappa shape index (κ2) is 16.3. The van der Waals surface area contributed by atoms with E-state index in [1.54, 1.807) is 34.6 Å². The standard InChI is InChI=1S/C26H39NO11/c1-15(2)10-11-32-24(29)33-14-18(7)36-23(28)20(27)12-19-8-9-21(37-25(30)34-16(3)4)22(13-19)38-26(31)35-17(5)6/h8-9,13,15-18,20H,10-12,14,27H2,1-7H3/t18-,20-/m0/s1. The Hall–Kier alpha value is -3.54. The second-order valence-corrected chi connectivity index (χ2v) is 9.47. The lowest BCUT2D eigenvalue weighted by Crippen LogP contribution is -2.37. The van der Waals surface area contributed by atoms with Crippen LogP contribution in [0.5, 0.6) is 11.5 Å². The van der Waals surface area contributed by atoms with Gasteiger partial charge in [0.25, 0.3) is 0 Å². The first kappa shape index (κ1) is 32.5. The quantitative estimate of drug-likeness (QED) is 0.211. The van der Waals surface area contributed by atoms with Gasteiger partial charge in [-0.15, -0.1) is 0 Å². The number of benzene rings is 1. The minimum absolute atomic E-state index is 0.00400. The van der Waals surface area contributed by atoms with Crippen molar-refractivity contribution >= 4 is 24.4 Å². The van der Waals surface area contributed by atoms with Crippen molar-refractivity contribution in [3.63, 3.8) is 0 Å². The van der Waals surface area contributed by atoms with Crippen LogP contribution in [0.4, 0.5) is 14.4 Å². The summed E-state index contributed by atoms with van der Waals surface area (Å²) >= 11 is 0. The minimum atomic E-state index is -1.09. The first-order valence-electron chi connectivity index (χ1n) is 12.4. The van der Waals surface area contributed by atoms with Gasteiger partial charge in [0, 0.05) is 0 Å². The summed E-state index contributed by atoms with van der Waals surface area (Å²) in [6, 6.07) is 3.19. The third-order valence-electron chi connectivity index (χ3n) is 4.49. The Morgan fingerprint density at radius 1 is 0.763 bits per heavy atom. The van der Waals surface area contributed by atoms with Crippen molar-refractivity contribution in [1.82, 2.24) is 0 Å². The van der Waals surface area contributed by atoms with Crippen LogP contribution in [0.2, 0.25) is 0 Å². The number of hydrogen-bond donors (Lipinski definition) is 1. The van der Waals surface area contributed by atoms with Gasteiger partial charge in [-0.2, -0.15) is 0 Å². The number of ether oxygens (including phenoxy) is 7. The maximum atomic E-state index is 12.4. The summed E-state index contributed by atoms with van der Waals surface area (Å²) in [5.74, 6) is -0.586. The average Bonchev–Trinajstić information content (AvgIpc) is 2.78. The van der Waals surface area contributed by atoms with E-state index in [1.165, 1.54) is 18.2 Å². The number of nitrogens with two attached hydrogens (primary N) is 1. The molecule has 0 saturated carbocycles. The molecule has 2 N–H and O–H groups in total. The molecule has 0 saturated heterocycles. The van der Waals surface area contributed by atoms with Gasteiger partial charge in [0.1, 0.15) is 18.8 Å². The molecule has 12 heteroatoms. The number of rotatable bonds is 13. The van der Waals surface area contributed by atoms with Crippen LogP contribution in [0.3, 0.4) is 0 Å². The van der Waals surface area contributed by atoms with Gasteiger partial charge < -0.3 is 38.9 Å². The van der Waals surface area contributed by atoms with E-state index >= 15 is 0 Å². The van der Waals surface area contributed by atoms with Crippen molar-refractivity contribution < 1.29 is 52.3 Å². The van der Waals surface area contributed by atoms with Gasteiger partial charge in [-0.05, 0) is 71.1 Å². The Kier molecular flexibility index (Phi) is 14.0. The highest BCUT2D eigenvalue weighted by Gasteiger charge is 2.22. The van der Waals surface area contributed by atoms with Crippen molar-refractivity contribution in [3.8, 4) is 11.5 Å². The first-order valence-corrected chi connectivity index (χ1v) is 12.4. The molecule has 0 aliphatic rings. The Balaban J connectivity index is 2.77. The molecule has 2 atom stereocenters. The van der Waals surface area contributed by atoms with Crippen LogP contribution in [0.1, 0.15) is 60.5 Å². The average molecular weight is 542 g/mol. The molecule has 1 rings (SSSR count). The molecule has 0 unspecified atom stereocenters. The Bertz CT molecular complexity index is 930. The molecule has 1 aromatic carbocycles.